The van der Waals surface area contributed by atoms with Crippen molar-refractivity contribution in [2.45, 2.75) is 56.8 Å². The number of carbonyl (C=O) groups excluding carboxylic acids is 3. The van der Waals surface area contributed by atoms with Crippen LogP contribution in [0.5, 0.6) is 5.75 Å². The highest BCUT2D eigenvalue weighted by Crippen LogP contribution is 2.11. The molecule has 0 aliphatic rings. The monoisotopic (exact) mass is 555 g/mol. The van der Waals surface area contributed by atoms with E-state index in [1.54, 1.807) is 42.5 Å². The molecule has 2 aromatic rings. The van der Waals surface area contributed by atoms with Crippen LogP contribution in [0.1, 0.15) is 30.9 Å². The number of carboxylic acids is 1. The first-order valence-electron chi connectivity index (χ1n) is 12.7. The molecule has 0 aromatic heterocycles. The van der Waals surface area contributed by atoms with Crippen molar-refractivity contribution in [1.82, 2.24) is 16.0 Å². The molecular weight excluding hydrogens is 518 g/mol. The molecule has 0 aliphatic heterocycles. The van der Waals surface area contributed by atoms with Crippen LogP contribution in [0.25, 0.3) is 0 Å². The van der Waals surface area contributed by atoms with Gasteiger partial charge in [0.25, 0.3) is 0 Å². The summed E-state index contributed by atoms with van der Waals surface area (Å²) in [7, 11) is 0. The van der Waals surface area contributed by atoms with E-state index in [1.165, 1.54) is 19.1 Å². The van der Waals surface area contributed by atoms with Crippen LogP contribution in [0.3, 0.4) is 0 Å². The molecule has 216 valence electrons. The number of aliphatic imine (C=N–C) groups is 1. The molecule has 2 aromatic carbocycles. The first-order valence-corrected chi connectivity index (χ1v) is 12.7. The third-order valence-corrected chi connectivity index (χ3v) is 5.96. The number of rotatable bonds is 15. The van der Waals surface area contributed by atoms with Crippen molar-refractivity contribution in [3.63, 3.8) is 0 Å². The van der Waals surface area contributed by atoms with Crippen LogP contribution in [0.2, 0.25) is 0 Å². The molecule has 11 N–H and O–H groups in total. The summed E-state index contributed by atoms with van der Waals surface area (Å²) in [6, 6.07) is 10.6. The van der Waals surface area contributed by atoms with E-state index >= 15 is 0 Å². The van der Waals surface area contributed by atoms with Gasteiger partial charge in [0.1, 0.15) is 23.9 Å². The van der Waals surface area contributed by atoms with Crippen LogP contribution in [0.4, 0.5) is 0 Å². The number of aliphatic carboxylic acids is 1. The summed E-state index contributed by atoms with van der Waals surface area (Å²) in [6.07, 6.45) is 0.633. The molecule has 0 radical (unpaired) electrons. The van der Waals surface area contributed by atoms with Gasteiger partial charge in [0.15, 0.2) is 5.96 Å². The standard InChI is InChI=1S/C27H37N7O6/c1-16(32-24(37)20(28)14-18-9-11-19(35)12-10-18)23(36)33-21(8-5-13-31-27(29)30)25(38)34-22(26(39)40)15-17-6-3-2-4-7-17/h2-4,6-7,9-12,16,20-22,35H,5,8,13-15,28H2,1H3,(H,32,37)(H,33,36)(H,34,38)(H,39,40)(H4,29,30,31). The van der Waals surface area contributed by atoms with Crippen LogP contribution in [0, 0.1) is 0 Å². The van der Waals surface area contributed by atoms with Crippen molar-refractivity contribution < 1.29 is 29.4 Å². The van der Waals surface area contributed by atoms with Crippen LogP contribution in [-0.2, 0) is 32.0 Å². The van der Waals surface area contributed by atoms with Gasteiger partial charge in [-0.05, 0) is 49.4 Å². The van der Waals surface area contributed by atoms with E-state index in [0.717, 1.165) is 5.56 Å². The van der Waals surface area contributed by atoms with Gasteiger partial charge in [0.05, 0.1) is 6.04 Å². The number of carbonyl (C=O) groups is 4. The SMILES string of the molecule is CC(NC(=O)C(N)Cc1ccc(O)cc1)C(=O)NC(CCCN=C(N)N)C(=O)NC(Cc1ccccc1)C(=O)O. The van der Waals surface area contributed by atoms with Crippen LogP contribution >= 0.6 is 0 Å². The Morgan fingerprint density at radius 1 is 0.825 bits per heavy atom. The van der Waals surface area contributed by atoms with Gasteiger partial charge >= 0.3 is 5.97 Å². The minimum absolute atomic E-state index is 0.0436. The van der Waals surface area contributed by atoms with Crippen LogP contribution in [0.15, 0.2) is 59.6 Å². The highest BCUT2D eigenvalue weighted by molar-refractivity contribution is 5.94. The highest BCUT2D eigenvalue weighted by atomic mass is 16.4. The molecule has 4 unspecified atom stereocenters. The largest absolute Gasteiger partial charge is 0.508 e. The summed E-state index contributed by atoms with van der Waals surface area (Å²) in [5.41, 5.74) is 18.1. The molecule has 13 heteroatoms. The fourth-order valence-corrected chi connectivity index (χ4v) is 3.76. The Bertz CT molecular complexity index is 1170. The number of benzene rings is 2. The second-order valence-corrected chi connectivity index (χ2v) is 9.31. The highest BCUT2D eigenvalue weighted by Gasteiger charge is 2.29. The first-order chi connectivity index (χ1) is 19.0. The van der Waals surface area contributed by atoms with Gasteiger partial charge in [0, 0.05) is 13.0 Å². The molecule has 0 heterocycles. The number of nitrogens with zero attached hydrogens (tertiary/aromatic N) is 1. The Morgan fingerprint density at radius 3 is 2.02 bits per heavy atom. The molecule has 0 spiro atoms. The van der Waals surface area contributed by atoms with Crippen molar-refractivity contribution in [1.29, 1.82) is 0 Å². The molecule has 13 nitrogen and oxygen atoms in total. The number of hydrogen-bond donors (Lipinski definition) is 8. The van der Waals surface area contributed by atoms with Crippen LogP contribution < -0.4 is 33.2 Å². The number of carboxylic acid groups (broad SMARTS) is 1. The van der Waals surface area contributed by atoms with E-state index in [0.29, 0.717) is 12.0 Å². The van der Waals surface area contributed by atoms with Gasteiger partial charge in [0.2, 0.25) is 17.7 Å². The predicted octanol–water partition coefficient (Wildman–Crippen LogP) is -0.883. The fourth-order valence-electron chi connectivity index (χ4n) is 3.76. The maximum absolute atomic E-state index is 13.1. The molecule has 0 fully saturated rings. The van der Waals surface area contributed by atoms with Gasteiger partial charge in [-0.3, -0.25) is 19.4 Å². The molecule has 4 atom stereocenters. The second-order valence-electron chi connectivity index (χ2n) is 9.31. The van der Waals surface area contributed by atoms with E-state index < -0.39 is 47.9 Å². The topological polar surface area (TPSA) is 235 Å². The molecule has 0 aliphatic carbocycles. The maximum Gasteiger partial charge on any atom is 0.326 e. The normalized spacial score (nSPS) is 13.7. The molecular formula is C27H37N7O6. The molecule has 0 saturated carbocycles. The lowest BCUT2D eigenvalue weighted by molar-refractivity contribution is -0.142. The Balaban J connectivity index is 2.04. The Morgan fingerprint density at radius 2 is 1.43 bits per heavy atom. The Labute approximate surface area is 232 Å². The summed E-state index contributed by atoms with van der Waals surface area (Å²) in [5, 5.41) is 26.6. The minimum atomic E-state index is -1.23. The molecule has 0 saturated heterocycles. The van der Waals surface area contributed by atoms with Crippen molar-refractivity contribution in [3.05, 3.63) is 65.7 Å². The van der Waals surface area contributed by atoms with Gasteiger partial charge in [-0.2, -0.15) is 0 Å². The summed E-state index contributed by atoms with van der Waals surface area (Å²) >= 11 is 0. The summed E-state index contributed by atoms with van der Waals surface area (Å²) in [6.45, 7) is 1.62. The zero-order valence-corrected chi connectivity index (χ0v) is 22.2. The first kappa shape index (κ1) is 31.6. The van der Waals surface area contributed by atoms with Crippen molar-refractivity contribution >= 4 is 29.7 Å². The van der Waals surface area contributed by atoms with Gasteiger partial charge in [-0.15, -0.1) is 0 Å². The van der Waals surface area contributed by atoms with Crippen molar-refractivity contribution in [2.24, 2.45) is 22.2 Å². The number of nitrogens with two attached hydrogens (primary N) is 3. The van der Waals surface area contributed by atoms with E-state index in [4.69, 9.17) is 17.2 Å². The number of nitrogens with one attached hydrogen (secondary N) is 3. The van der Waals surface area contributed by atoms with Crippen molar-refractivity contribution in [2.75, 3.05) is 6.54 Å². The van der Waals surface area contributed by atoms with Crippen LogP contribution in [-0.4, -0.2) is 70.6 Å². The summed E-state index contributed by atoms with van der Waals surface area (Å²) < 4.78 is 0. The lowest BCUT2D eigenvalue weighted by atomic mass is 10.0. The number of phenols is 1. The predicted molar refractivity (Wildman–Crippen MR) is 149 cm³/mol. The number of amides is 3. The van der Waals surface area contributed by atoms with E-state index in [2.05, 4.69) is 20.9 Å². The summed E-state index contributed by atoms with van der Waals surface area (Å²) in [5.74, 6) is -3.23. The van der Waals surface area contributed by atoms with Crippen molar-refractivity contribution in [3.8, 4) is 5.75 Å². The average Bonchev–Trinajstić information content (AvgIpc) is 2.91. The smallest absolute Gasteiger partial charge is 0.326 e. The third kappa shape index (κ3) is 11.0. The lowest BCUT2D eigenvalue weighted by Gasteiger charge is -2.24. The maximum atomic E-state index is 13.1. The zero-order chi connectivity index (χ0) is 29.7. The minimum Gasteiger partial charge on any atom is -0.508 e. The molecule has 0 bridgehead atoms. The second kappa shape index (κ2) is 15.7. The quantitative estimate of drug-likeness (QED) is 0.0772. The Hall–Kier alpha value is -4.65. The molecule has 40 heavy (non-hydrogen) atoms. The molecule has 2 rings (SSSR count). The van der Waals surface area contributed by atoms with E-state index in [1.807, 2.05) is 0 Å². The number of hydrogen-bond acceptors (Lipinski definition) is 7. The Kier molecular flexibility index (Phi) is 12.4. The summed E-state index contributed by atoms with van der Waals surface area (Å²) in [4.78, 5) is 54.3. The number of aromatic hydroxyl groups is 1. The van der Waals surface area contributed by atoms with Gasteiger partial charge < -0.3 is 43.4 Å². The fraction of sp³-hybridized carbons (Fsp3) is 0.370. The van der Waals surface area contributed by atoms with Gasteiger partial charge in [-0.25, -0.2) is 4.79 Å². The molecule has 3 amide bonds. The number of phenolic OH excluding ortho intramolecular Hbond substituents is 1. The zero-order valence-electron chi connectivity index (χ0n) is 22.2. The number of guanidine groups is 1. The van der Waals surface area contributed by atoms with E-state index in [-0.39, 0.29) is 37.5 Å². The van der Waals surface area contributed by atoms with Gasteiger partial charge in [-0.1, -0.05) is 42.5 Å². The average molecular weight is 556 g/mol. The third-order valence-electron chi connectivity index (χ3n) is 5.96. The van der Waals surface area contributed by atoms with E-state index in [9.17, 15) is 29.4 Å². The lowest BCUT2D eigenvalue weighted by Crippen LogP contribution is -2.56.